The highest BCUT2D eigenvalue weighted by atomic mass is 16.6. The Balaban J connectivity index is 1.36. The number of aromatic hydroxyl groups is 2. The van der Waals surface area contributed by atoms with E-state index in [9.17, 15) is 15.4 Å². The summed E-state index contributed by atoms with van der Waals surface area (Å²) in [6, 6.07) is 18.1. The predicted octanol–water partition coefficient (Wildman–Crippen LogP) is 6.47. The zero-order valence-corrected chi connectivity index (χ0v) is 22.5. The first-order chi connectivity index (χ1) is 19.8. The zero-order chi connectivity index (χ0) is 27.9. The predicted molar refractivity (Wildman–Crippen MR) is 153 cm³/mol. The third-order valence-corrected chi connectivity index (χ3v) is 8.70. The van der Waals surface area contributed by atoms with Crippen molar-refractivity contribution in [1.82, 2.24) is 0 Å². The Kier molecular flexibility index (Phi) is 5.17. The van der Waals surface area contributed by atoms with Crippen LogP contribution in [0, 0.1) is 5.21 Å². The van der Waals surface area contributed by atoms with Crippen LogP contribution in [-0.2, 0) is 25.7 Å². The smallest absolute Gasteiger partial charge is 0.212 e. The fourth-order valence-electron chi connectivity index (χ4n) is 6.57. The van der Waals surface area contributed by atoms with Crippen LogP contribution in [0.2, 0.25) is 0 Å². The number of rotatable bonds is 0. The molecule has 8 heteroatoms. The van der Waals surface area contributed by atoms with Crippen molar-refractivity contribution < 1.29 is 29.1 Å². The van der Waals surface area contributed by atoms with Gasteiger partial charge in [0.05, 0.1) is 19.2 Å². The Bertz CT molecular complexity index is 1790. The molecule has 0 saturated heterocycles. The monoisotopic (exact) mass is 548 g/mol. The van der Waals surface area contributed by atoms with Gasteiger partial charge < -0.3 is 34.3 Å². The molecule has 4 heterocycles. The van der Waals surface area contributed by atoms with Gasteiger partial charge in [0.15, 0.2) is 34.5 Å². The van der Waals surface area contributed by atoms with Gasteiger partial charge in [0.2, 0.25) is 5.75 Å². The second-order valence-corrected chi connectivity index (χ2v) is 11.5. The fraction of sp³-hybridized carbons (Fsp3) is 0.242. The minimum atomic E-state index is -0.504. The van der Waals surface area contributed by atoms with E-state index in [0.717, 1.165) is 45.5 Å². The average Bonchev–Trinajstić information content (AvgIpc) is 2.95. The molecular formula is C33H28N2O6. The number of fused-ring (bicyclic) bond motifs is 4. The third kappa shape index (κ3) is 3.94. The number of aliphatic imine (C=N–C) groups is 1. The number of nitrogens with zero attached hydrogens (tertiary/aromatic N) is 2. The number of quaternary nitrogens is 1. The topological polar surface area (TPSA) is 104 Å². The summed E-state index contributed by atoms with van der Waals surface area (Å²) in [4.78, 5) is 4.85. The molecule has 8 nitrogen and oxygen atoms in total. The van der Waals surface area contributed by atoms with Crippen molar-refractivity contribution in [2.75, 3.05) is 20.1 Å². The summed E-state index contributed by atoms with van der Waals surface area (Å²) in [5.41, 5.74) is 6.48. The van der Waals surface area contributed by atoms with Gasteiger partial charge in [0.25, 0.3) is 0 Å². The van der Waals surface area contributed by atoms with Crippen LogP contribution in [0.4, 0.5) is 0 Å². The molecule has 0 radical (unpaired) electrons. The Morgan fingerprint density at radius 3 is 2.59 bits per heavy atom. The largest absolute Gasteiger partial charge is 0.633 e. The molecule has 41 heavy (non-hydrogen) atoms. The van der Waals surface area contributed by atoms with Gasteiger partial charge in [-0.3, -0.25) is 4.99 Å². The molecular weight excluding hydrogens is 520 g/mol. The maximum atomic E-state index is 14.0. The van der Waals surface area contributed by atoms with E-state index in [1.165, 1.54) is 0 Å². The summed E-state index contributed by atoms with van der Waals surface area (Å²) >= 11 is 0. The number of ether oxygens (including phenoxy) is 3. The first-order valence-electron chi connectivity index (χ1n) is 13.9. The van der Waals surface area contributed by atoms with Gasteiger partial charge in [-0.05, 0) is 71.1 Å². The van der Waals surface area contributed by atoms with Crippen LogP contribution in [-0.4, -0.2) is 40.7 Å². The lowest BCUT2D eigenvalue weighted by atomic mass is 9.86. The van der Waals surface area contributed by atoms with E-state index in [4.69, 9.17) is 19.2 Å². The van der Waals surface area contributed by atoms with Gasteiger partial charge in [0.1, 0.15) is 11.8 Å². The Hall–Kier alpha value is -4.53. The first-order valence-corrected chi connectivity index (χ1v) is 13.9. The highest BCUT2D eigenvalue weighted by molar-refractivity contribution is 6.04. The van der Waals surface area contributed by atoms with E-state index in [2.05, 4.69) is 0 Å². The lowest BCUT2D eigenvalue weighted by molar-refractivity contribution is -0.894. The lowest BCUT2D eigenvalue weighted by Gasteiger charge is -2.49. The van der Waals surface area contributed by atoms with Crippen LogP contribution in [0.15, 0.2) is 65.7 Å². The van der Waals surface area contributed by atoms with Gasteiger partial charge in [-0.2, -0.15) is 0 Å². The highest BCUT2D eigenvalue weighted by Gasteiger charge is 2.40. The molecule has 0 fully saturated rings. The maximum Gasteiger partial charge on any atom is 0.212 e. The molecule has 4 aromatic rings. The minimum Gasteiger partial charge on any atom is -0.633 e. The van der Waals surface area contributed by atoms with Crippen molar-refractivity contribution in [2.24, 2.45) is 4.99 Å². The van der Waals surface area contributed by atoms with Crippen LogP contribution in [0.5, 0.6) is 46.0 Å². The van der Waals surface area contributed by atoms with E-state index in [1.54, 1.807) is 19.2 Å². The van der Waals surface area contributed by atoms with Crippen molar-refractivity contribution in [3.8, 4) is 46.0 Å². The average molecular weight is 549 g/mol. The molecule has 0 unspecified atom stereocenters. The van der Waals surface area contributed by atoms with Gasteiger partial charge in [-0.25, -0.2) is 0 Å². The van der Waals surface area contributed by atoms with E-state index < -0.39 is 10.7 Å². The van der Waals surface area contributed by atoms with Crippen LogP contribution >= 0.6 is 0 Å². The number of hydrogen-bond acceptors (Lipinski definition) is 7. The van der Waals surface area contributed by atoms with Gasteiger partial charge in [-0.1, -0.05) is 18.2 Å². The van der Waals surface area contributed by atoms with Crippen molar-refractivity contribution in [1.29, 1.82) is 0 Å². The van der Waals surface area contributed by atoms with Gasteiger partial charge >= 0.3 is 0 Å². The Labute approximate surface area is 236 Å². The molecule has 0 amide bonds. The molecule has 0 aliphatic carbocycles. The van der Waals surface area contributed by atoms with E-state index in [-0.39, 0.29) is 17.2 Å². The van der Waals surface area contributed by atoms with Crippen LogP contribution in [0.3, 0.4) is 0 Å². The summed E-state index contributed by atoms with van der Waals surface area (Å²) in [7, 11) is 1.69. The molecule has 0 aromatic heterocycles. The van der Waals surface area contributed by atoms with Crippen molar-refractivity contribution >= 4 is 5.71 Å². The summed E-state index contributed by atoms with van der Waals surface area (Å²) in [6.45, 7) is 1.02. The molecule has 8 rings (SSSR count). The van der Waals surface area contributed by atoms with E-state index >= 15 is 0 Å². The molecule has 0 spiro atoms. The van der Waals surface area contributed by atoms with Crippen LogP contribution in [0.25, 0.3) is 0 Å². The second kappa shape index (κ2) is 8.73. The van der Waals surface area contributed by atoms with Crippen LogP contribution in [0.1, 0.15) is 39.4 Å². The maximum absolute atomic E-state index is 14.0. The van der Waals surface area contributed by atoms with Gasteiger partial charge in [-0.15, -0.1) is 0 Å². The Morgan fingerprint density at radius 1 is 0.829 bits per heavy atom. The minimum absolute atomic E-state index is 0.00509. The molecule has 2 atom stereocenters. The van der Waals surface area contributed by atoms with E-state index in [0.29, 0.717) is 61.1 Å². The van der Waals surface area contributed by atoms with Gasteiger partial charge in [0, 0.05) is 37.1 Å². The third-order valence-electron chi connectivity index (χ3n) is 8.70. The molecule has 206 valence electrons. The molecule has 0 saturated carbocycles. The van der Waals surface area contributed by atoms with Crippen LogP contribution < -0.4 is 14.2 Å². The van der Waals surface area contributed by atoms with E-state index in [1.807, 2.05) is 48.5 Å². The van der Waals surface area contributed by atoms with Crippen molar-refractivity contribution in [3.63, 3.8) is 0 Å². The standard InChI is InChI=1S/C33H28N2O6/c1-35(38)10-8-21-15-27(37)32-33-31(21)25(35)13-18-3-2-4-22(11-18)39-28-14-19(5-6-26(28)36)12-24-23-17-30(41-33)29(40-32)16-20(23)7-9-34-24/h2-6,11,14-17,25,36-37H,7-10,12-13H2,1H3/t25-,35+/m0/s1. The molecule has 7 bridgehead atoms. The molecule has 4 aliphatic heterocycles. The number of phenolic OH excluding ortho intramolecular Hbond substituents is 2. The molecule has 4 aliphatic rings. The number of benzene rings is 4. The Morgan fingerprint density at radius 2 is 1.68 bits per heavy atom. The summed E-state index contributed by atoms with van der Waals surface area (Å²) in [6.07, 6.45) is 2.24. The summed E-state index contributed by atoms with van der Waals surface area (Å²) in [5, 5.41) is 35.6. The molecule has 4 aromatic carbocycles. The number of phenols is 2. The normalized spacial score (nSPS) is 21.6. The van der Waals surface area contributed by atoms with Crippen molar-refractivity contribution in [2.45, 2.75) is 31.7 Å². The first kappa shape index (κ1) is 24.3. The fourth-order valence-corrected chi connectivity index (χ4v) is 6.57. The quantitative estimate of drug-likeness (QED) is 0.170. The highest BCUT2D eigenvalue weighted by Crippen LogP contribution is 2.56. The van der Waals surface area contributed by atoms with Crippen molar-refractivity contribution in [3.05, 3.63) is 99.3 Å². The molecule has 2 N–H and O–H groups in total. The zero-order valence-electron chi connectivity index (χ0n) is 22.5. The lowest BCUT2D eigenvalue weighted by Crippen LogP contribution is -2.47. The number of hydroxylamine groups is 3. The number of likely N-dealkylation sites (N-methyl/N-ethyl adjacent to an activating group) is 1. The number of hydrogen-bond donors (Lipinski definition) is 2. The SMILES string of the molecule is C[N@@+]1([O-])CCc2cc(O)c3c4c2[C@@H]1Cc1cccc(c1)Oc1cc(ccc1O)CC1=NCCc2cc(c(cc21)O4)O3. The summed E-state index contributed by atoms with van der Waals surface area (Å²) < 4.78 is 18.6. The summed E-state index contributed by atoms with van der Waals surface area (Å²) in [5.74, 6) is 2.69. The second-order valence-electron chi connectivity index (χ2n) is 11.5.